The lowest BCUT2D eigenvalue weighted by molar-refractivity contribution is -0.123. The molecule has 0 aromatic heterocycles. The van der Waals surface area contributed by atoms with Crippen LogP contribution >= 0.6 is 0 Å². The van der Waals surface area contributed by atoms with Crippen molar-refractivity contribution >= 4 is 17.3 Å². The van der Waals surface area contributed by atoms with Crippen LogP contribution in [0.3, 0.4) is 0 Å². The van der Waals surface area contributed by atoms with Crippen molar-refractivity contribution in [3.8, 4) is 0 Å². The number of para-hydroxylation sites is 1. The van der Waals surface area contributed by atoms with Crippen molar-refractivity contribution in [2.75, 3.05) is 18.4 Å². The highest BCUT2D eigenvalue weighted by atomic mass is 16.3. The first-order chi connectivity index (χ1) is 12.4. The van der Waals surface area contributed by atoms with E-state index in [1.54, 1.807) is 0 Å². The largest absolute Gasteiger partial charge is 0.492 e. The third-order valence-corrected chi connectivity index (χ3v) is 6.22. The average molecular weight is 351 g/mol. The second-order valence-corrected chi connectivity index (χ2v) is 7.98. The number of amides is 1. The minimum Gasteiger partial charge on any atom is -0.492 e. The number of hydrogen-bond donors (Lipinski definition) is 2. The molecule has 3 aliphatic heterocycles. The van der Waals surface area contributed by atoms with E-state index in [1.807, 2.05) is 44.2 Å². The van der Waals surface area contributed by atoms with Gasteiger partial charge in [0.1, 0.15) is 0 Å². The molecule has 2 N–H and O–H groups in total. The van der Waals surface area contributed by atoms with Crippen LogP contribution in [-0.2, 0) is 10.2 Å². The highest BCUT2D eigenvalue weighted by Crippen LogP contribution is 2.52. The zero-order valence-electron chi connectivity index (χ0n) is 15.4. The fourth-order valence-corrected chi connectivity index (χ4v) is 4.56. The Morgan fingerprint density at radius 1 is 1.42 bits per heavy atom. The number of aliphatic imine (C=N–C) groups is 1. The van der Waals surface area contributed by atoms with Crippen LogP contribution in [-0.4, -0.2) is 34.7 Å². The second kappa shape index (κ2) is 5.73. The molecule has 1 aromatic carbocycles. The van der Waals surface area contributed by atoms with E-state index in [1.165, 1.54) is 0 Å². The number of aliphatic hydroxyl groups excluding tert-OH is 1. The lowest BCUT2D eigenvalue weighted by Crippen LogP contribution is -2.49. The Kier molecular flexibility index (Phi) is 3.72. The fraction of sp³-hybridized carbons (Fsp3) is 0.429. The molecule has 26 heavy (non-hydrogen) atoms. The number of aliphatic hydroxyl groups is 1. The number of fused-ring (bicyclic) bond motifs is 2. The maximum atomic E-state index is 13.2. The smallest absolute Gasteiger partial charge is 0.236 e. The summed E-state index contributed by atoms with van der Waals surface area (Å²) in [5.41, 5.74) is 2.34. The predicted octanol–water partition coefficient (Wildman–Crippen LogP) is 3.76. The topological polar surface area (TPSA) is 64.9 Å². The number of rotatable bonds is 4. The molecule has 0 spiro atoms. The number of anilines is 1. The normalized spacial score (nSPS) is 24.9. The van der Waals surface area contributed by atoms with Gasteiger partial charge in [-0.05, 0) is 24.5 Å². The van der Waals surface area contributed by atoms with Gasteiger partial charge >= 0.3 is 0 Å². The lowest BCUT2D eigenvalue weighted by atomic mass is 9.59. The average Bonchev–Trinajstić information content (AvgIpc) is 3.19. The van der Waals surface area contributed by atoms with Crippen LogP contribution in [0.4, 0.5) is 5.69 Å². The Morgan fingerprint density at radius 2 is 2.19 bits per heavy atom. The fourth-order valence-electron chi connectivity index (χ4n) is 4.56. The van der Waals surface area contributed by atoms with Crippen LogP contribution in [0.25, 0.3) is 0 Å². The maximum Gasteiger partial charge on any atom is 0.236 e. The molecule has 0 saturated carbocycles. The van der Waals surface area contributed by atoms with E-state index in [0.717, 1.165) is 42.0 Å². The molecule has 5 nitrogen and oxygen atoms in total. The molecule has 1 aromatic rings. The molecule has 0 aliphatic carbocycles. The summed E-state index contributed by atoms with van der Waals surface area (Å²) >= 11 is 0. The SMILES string of the molecule is C=CC(C)(C)[C@@]1(CC2=NC(O)=C3CCCN3C2)C(=O)Nc2ccccc21. The number of nitrogens with zero attached hydrogens (tertiary/aromatic N) is 2. The van der Waals surface area contributed by atoms with Crippen molar-refractivity contribution in [1.29, 1.82) is 0 Å². The molecule has 5 heteroatoms. The van der Waals surface area contributed by atoms with Gasteiger partial charge in [-0.2, -0.15) is 0 Å². The molecule has 0 bridgehead atoms. The van der Waals surface area contributed by atoms with Crippen molar-refractivity contribution in [2.45, 2.75) is 38.5 Å². The molecule has 3 heterocycles. The molecule has 1 saturated heterocycles. The Hall–Kier alpha value is -2.56. The van der Waals surface area contributed by atoms with Crippen LogP contribution < -0.4 is 5.32 Å². The lowest BCUT2D eigenvalue weighted by Gasteiger charge is -2.42. The molecule has 0 unspecified atom stereocenters. The van der Waals surface area contributed by atoms with Gasteiger partial charge in [-0.15, -0.1) is 6.58 Å². The van der Waals surface area contributed by atoms with Gasteiger partial charge in [-0.1, -0.05) is 38.1 Å². The molecule has 1 atom stereocenters. The summed E-state index contributed by atoms with van der Waals surface area (Å²) in [5.74, 6) is 0.0870. The molecule has 4 rings (SSSR count). The number of carbonyl (C=O) groups excluding carboxylic acids is 1. The van der Waals surface area contributed by atoms with E-state index in [0.29, 0.717) is 13.0 Å². The predicted molar refractivity (Wildman–Crippen MR) is 103 cm³/mol. The minimum atomic E-state index is -0.790. The minimum absolute atomic E-state index is 0.0259. The van der Waals surface area contributed by atoms with E-state index < -0.39 is 10.8 Å². The third-order valence-electron chi connectivity index (χ3n) is 6.22. The van der Waals surface area contributed by atoms with Gasteiger partial charge in [-0.25, -0.2) is 4.99 Å². The molecule has 1 amide bonds. The van der Waals surface area contributed by atoms with Crippen molar-refractivity contribution in [3.05, 3.63) is 54.1 Å². The number of allylic oxidation sites excluding steroid dienone is 2. The van der Waals surface area contributed by atoms with Crippen LogP contribution in [0.15, 0.2) is 53.5 Å². The van der Waals surface area contributed by atoms with Gasteiger partial charge in [-0.3, -0.25) is 4.79 Å². The monoisotopic (exact) mass is 351 g/mol. The Balaban J connectivity index is 1.81. The third kappa shape index (κ3) is 2.23. The Morgan fingerprint density at radius 3 is 2.96 bits per heavy atom. The molecule has 136 valence electrons. The van der Waals surface area contributed by atoms with Crippen molar-refractivity contribution < 1.29 is 9.90 Å². The van der Waals surface area contributed by atoms with E-state index in [9.17, 15) is 9.90 Å². The summed E-state index contributed by atoms with van der Waals surface area (Å²) in [6.45, 7) is 9.69. The second-order valence-electron chi connectivity index (χ2n) is 7.98. The highest BCUT2D eigenvalue weighted by molar-refractivity contribution is 6.10. The first-order valence-corrected chi connectivity index (χ1v) is 9.17. The van der Waals surface area contributed by atoms with Gasteiger partial charge in [0.2, 0.25) is 11.8 Å². The number of hydrogen-bond acceptors (Lipinski definition) is 4. The molecular weight excluding hydrogens is 326 g/mol. The van der Waals surface area contributed by atoms with Gasteiger partial charge in [0, 0.05) is 29.8 Å². The first kappa shape index (κ1) is 16.9. The van der Waals surface area contributed by atoms with Crippen LogP contribution in [0.5, 0.6) is 0 Å². The van der Waals surface area contributed by atoms with E-state index in [-0.39, 0.29) is 11.8 Å². The zero-order valence-corrected chi connectivity index (χ0v) is 15.4. The van der Waals surface area contributed by atoms with E-state index in [4.69, 9.17) is 0 Å². The summed E-state index contributed by atoms with van der Waals surface area (Å²) in [5, 5.41) is 13.4. The standard InChI is InChI=1S/C21H25N3O2/c1-4-20(2,3)21(15-8-5-6-9-16(15)23-19(21)26)12-14-13-24-11-7-10-17(24)18(25)22-14/h4-6,8-9,25H,1,7,10-13H2,2-3H3,(H,23,26)/t21-/m1/s1. The molecule has 0 radical (unpaired) electrons. The number of benzene rings is 1. The van der Waals surface area contributed by atoms with Gasteiger partial charge in [0.15, 0.2) is 0 Å². The van der Waals surface area contributed by atoms with Crippen molar-refractivity contribution in [2.24, 2.45) is 10.4 Å². The van der Waals surface area contributed by atoms with Crippen LogP contribution in [0.1, 0.15) is 38.7 Å². The zero-order chi connectivity index (χ0) is 18.5. The van der Waals surface area contributed by atoms with Crippen LogP contribution in [0.2, 0.25) is 0 Å². The summed E-state index contributed by atoms with van der Waals surface area (Å²) < 4.78 is 0. The van der Waals surface area contributed by atoms with Crippen molar-refractivity contribution in [1.82, 2.24) is 4.90 Å². The molecule has 1 fully saturated rings. The van der Waals surface area contributed by atoms with E-state index >= 15 is 0 Å². The van der Waals surface area contributed by atoms with Gasteiger partial charge < -0.3 is 15.3 Å². The highest BCUT2D eigenvalue weighted by Gasteiger charge is 2.56. The number of nitrogens with one attached hydrogen (secondary N) is 1. The number of carbonyl (C=O) groups is 1. The maximum absolute atomic E-state index is 13.2. The quantitative estimate of drug-likeness (QED) is 0.812. The molecular formula is C21H25N3O2. The van der Waals surface area contributed by atoms with E-state index in [2.05, 4.69) is 21.8 Å². The summed E-state index contributed by atoms with van der Waals surface area (Å²) in [6, 6.07) is 7.84. The Bertz CT molecular complexity index is 853. The first-order valence-electron chi connectivity index (χ1n) is 9.17. The van der Waals surface area contributed by atoms with Gasteiger partial charge in [0.25, 0.3) is 0 Å². The van der Waals surface area contributed by atoms with Gasteiger partial charge in [0.05, 0.1) is 17.7 Å². The van der Waals surface area contributed by atoms with Crippen LogP contribution in [0, 0.1) is 5.41 Å². The summed E-state index contributed by atoms with van der Waals surface area (Å²) in [4.78, 5) is 19.9. The molecule has 3 aliphatic rings. The summed E-state index contributed by atoms with van der Waals surface area (Å²) in [6.07, 6.45) is 4.22. The Labute approximate surface area is 154 Å². The summed E-state index contributed by atoms with van der Waals surface area (Å²) in [7, 11) is 0. The van der Waals surface area contributed by atoms with Crippen molar-refractivity contribution in [3.63, 3.8) is 0 Å².